The number of pyridine rings is 1. The molecular weight excluding hydrogens is 198 g/mol. The van der Waals surface area contributed by atoms with E-state index in [1.165, 1.54) is 10.9 Å². The fourth-order valence-corrected chi connectivity index (χ4v) is 2.35. The normalized spacial score (nSPS) is 20.4. The molecule has 2 heteroatoms. The molecule has 1 aliphatic heterocycles. The molecule has 0 spiro atoms. The molecule has 3 rings (SSSR count). The zero-order valence-corrected chi connectivity index (χ0v) is 9.44. The van der Waals surface area contributed by atoms with Gasteiger partial charge in [-0.2, -0.15) is 0 Å². The van der Waals surface area contributed by atoms with Crippen LogP contribution in [0.25, 0.3) is 10.9 Å². The van der Waals surface area contributed by atoms with Crippen LogP contribution in [0.5, 0.6) is 0 Å². The van der Waals surface area contributed by atoms with Gasteiger partial charge in [-0.05, 0) is 37.5 Å². The van der Waals surface area contributed by atoms with Crippen molar-refractivity contribution in [2.75, 3.05) is 6.61 Å². The number of nitrogens with zero attached hydrogens (tertiary/aromatic N) is 1. The number of rotatable bonds is 1. The second-order valence-electron chi connectivity index (χ2n) is 4.38. The first kappa shape index (κ1) is 9.79. The summed E-state index contributed by atoms with van der Waals surface area (Å²) in [5.74, 6) is 0. The summed E-state index contributed by atoms with van der Waals surface area (Å²) in [6.07, 6.45) is 2.46. The molecule has 0 saturated carbocycles. The van der Waals surface area contributed by atoms with Gasteiger partial charge in [0, 0.05) is 12.0 Å². The van der Waals surface area contributed by atoms with E-state index in [1.807, 2.05) is 6.07 Å². The largest absolute Gasteiger partial charge is 0.372 e. The lowest BCUT2D eigenvalue weighted by Crippen LogP contribution is -2.00. The Morgan fingerprint density at radius 2 is 2.19 bits per heavy atom. The van der Waals surface area contributed by atoms with Gasteiger partial charge in [0.05, 0.1) is 17.3 Å². The van der Waals surface area contributed by atoms with E-state index in [9.17, 15) is 0 Å². The van der Waals surface area contributed by atoms with E-state index in [0.29, 0.717) is 0 Å². The van der Waals surface area contributed by atoms with E-state index in [1.54, 1.807) is 0 Å². The summed E-state index contributed by atoms with van der Waals surface area (Å²) in [7, 11) is 0. The molecule has 2 nitrogen and oxygen atoms in total. The average molecular weight is 213 g/mol. The van der Waals surface area contributed by atoms with Crippen LogP contribution in [0.4, 0.5) is 0 Å². The minimum Gasteiger partial charge on any atom is -0.372 e. The minimum atomic E-state index is 0.211. The molecule has 0 aliphatic carbocycles. The first-order chi connectivity index (χ1) is 7.84. The predicted molar refractivity (Wildman–Crippen MR) is 64.4 cm³/mol. The molecule has 16 heavy (non-hydrogen) atoms. The molecule has 0 amide bonds. The number of fused-ring (bicyclic) bond motifs is 1. The maximum absolute atomic E-state index is 5.68. The van der Waals surface area contributed by atoms with E-state index < -0.39 is 0 Å². The highest BCUT2D eigenvalue weighted by Gasteiger charge is 2.19. The fourth-order valence-electron chi connectivity index (χ4n) is 2.35. The topological polar surface area (TPSA) is 22.1 Å². The summed E-state index contributed by atoms with van der Waals surface area (Å²) in [5.41, 5.74) is 3.46. The molecule has 1 atom stereocenters. The molecule has 1 fully saturated rings. The summed E-state index contributed by atoms with van der Waals surface area (Å²) < 4.78 is 5.68. The second kappa shape index (κ2) is 3.87. The zero-order valence-electron chi connectivity index (χ0n) is 9.44. The zero-order chi connectivity index (χ0) is 11.0. The van der Waals surface area contributed by atoms with Crippen molar-refractivity contribution in [2.45, 2.75) is 25.9 Å². The molecule has 1 aromatic carbocycles. The SMILES string of the molecule is Cc1cc([C@@H]2CCCO2)nc2ccccc12. The van der Waals surface area contributed by atoms with Crippen LogP contribution in [0.15, 0.2) is 30.3 Å². The Balaban J connectivity index is 2.13. The van der Waals surface area contributed by atoms with Crippen LogP contribution in [0, 0.1) is 6.92 Å². The number of para-hydroxylation sites is 1. The van der Waals surface area contributed by atoms with Gasteiger partial charge in [-0.25, -0.2) is 0 Å². The van der Waals surface area contributed by atoms with Gasteiger partial charge in [-0.15, -0.1) is 0 Å². The number of aromatic nitrogens is 1. The number of hydrogen-bond donors (Lipinski definition) is 0. The van der Waals surface area contributed by atoms with Crippen molar-refractivity contribution >= 4 is 10.9 Å². The van der Waals surface area contributed by atoms with Crippen LogP contribution in [0.3, 0.4) is 0 Å². The van der Waals surface area contributed by atoms with E-state index >= 15 is 0 Å². The highest BCUT2D eigenvalue weighted by atomic mass is 16.5. The van der Waals surface area contributed by atoms with E-state index in [0.717, 1.165) is 30.7 Å². The monoisotopic (exact) mass is 213 g/mol. The Labute approximate surface area is 95.3 Å². The number of aryl methyl sites for hydroxylation is 1. The van der Waals surface area contributed by atoms with Gasteiger partial charge in [-0.3, -0.25) is 4.98 Å². The third kappa shape index (κ3) is 1.59. The molecule has 0 bridgehead atoms. The van der Waals surface area contributed by atoms with Crippen molar-refractivity contribution in [2.24, 2.45) is 0 Å². The van der Waals surface area contributed by atoms with Crippen LogP contribution in [0.2, 0.25) is 0 Å². The smallest absolute Gasteiger partial charge is 0.0995 e. The molecule has 1 saturated heterocycles. The third-order valence-corrected chi connectivity index (χ3v) is 3.20. The number of benzene rings is 1. The van der Waals surface area contributed by atoms with Crippen LogP contribution in [0.1, 0.15) is 30.2 Å². The van der Waals surface area contributed by atoms with E-state index in [-0.39, 0.29) is 6.10 Å². The maximum atomic E-state index is 5.68. The van der Waals surface area contributed by atoms with Gasteiger partial charge < -0.3 is 4.74 Å². The van der Waals surface area contributed by atoms with Crippen molar-refractivity contribution in [1.29, 1.82) is 0 Å². The first-order valence-corrected chi connectivity index (χ1v) is 5.82. The van der Waals surface area contributed by atoms with Crippen LogP contribution in [-0.4, -0.2) is 11.6 Å². The summed E-state index contributed by atoms with van der Waals surface area (Å²) in [5, 5.41) is 1.24. The lowest BCUT2D eigenvalue weighted by molar-refractivity contribution is 0.109. The van der Waals surface area contributed by atoms with Gasteiger partial charge in [0.1, 0.15) is 0 Å². The van der Waals surface area contributed by atoms with Gasteiger partial charge in [0.15, 0.2) is 0 Å². The number of hydrogen-bond acceptors (Lipinski definition) is 2. The number of ether oxygens (including phenoxy) is 1. The average Bonchev–Trinajstić information content (AvgIpc) is 2.82. The van der Waals surface area contributed by atoms with Gasteiger partial charge in [0.25, 0.3) is 0 Å². The second-order valence-corrected chi connectivity index (χ2v) is 4.38. The van der Waals surface area contributed by atoms with Gasteiger partial charge >= 0.3 is 0 Å². The molecule has 1 aromatic heterocycles. The van der Waals surface area contributed by atoms with E-state index in [4.69, 9.17) is 9.72 Å². The first-order valence-electron chi connectivity index (χ1n) is 5.82. The summed E-state index contributed by atoms with van der Waals surface area (Å²) in [6, 6.07) is 10.5. The summed E-state index contributed by atoms with van der Waals surface area (Å²) in [4.78, 5) is 4.69. The van der Waals surface area contributed by atoms with Crippen molar-refractivity contribution < 1.29 is 4.74 Å². The Morgan fingerprint density at radius 3 is 3.00 bits per heavy atom. The van der Waals surface area contributed by atoms with Crippen molar-refractivity contribution in [1.82, 2.24) is 4.98 Å². The lowest BCUT2D eigenvalue weighted by atomic mass is 10.1. The molecule has 0 unspecified atom stereocenters. The Morgan fingerprint density at radius 1 is 1.31 bits per heavy atom. The predicted octanol–water partition coefficient (Wildman–Crippen LogP) is 3.39. The highest BCUT2D eigenvalue weighted by Crippen LogP contribution is 2.29. The summed E-state index contributed by atoms with van der Waals surface area (Å²) in [6.45, 7) is 3.01. The molecule has 0 N–H and O–H groups in total. The Hall–Kier alpha value is -1.41. The Bertz CT molecular complexity index is 515. The fraction of sp³-hybridized carbons (Fsp3) is 0.357. The molecule has 2 heterocycles. The standard InChI is InChI=1S/C14H15NO/c1-10-9-13(14-7-4-8-16-14)15-12-6-3-2-5-11(10)12/h2-3,5-6,9,14H,4,7-8H2,1H3/t14-/m0/s1. The maximum Gasteiger partial charge on any atom is 0.0995 e. The molecule has 82 valence electrons. The molecular formula is C14H15NO. The minimum absolute atomic E-state index is 0.211. The third-order valence-electron chi connectivity index (χ3n) is 3.20. The van der Waals surface area contributed by atoms with Crippen molar-refractivity contribution in [3.8, 4) is 0 Å². The van der Waals surface area contributed by atoms with E-state index in [2.05, 4.69) is 31.2 Å². The van der Waals surface area contributed by atoms with Crippen LogP contribution >= 0.6 is 0 Å². The molecule has 2 aromatic rings. The van der Waals surface area contributed by atoms with Gasteiger partial charge in [-0.1, -0.05) is 18.2 Å². The molecule has 1 aliphatic rings. The van der Waals surface area contributed by atoms with Crippen LogP contribution in [-0.2, 0) is 4.74 Å². The molecule has 0 radical (unpaired) electrons. The van der Waals surface area contributed by atoms with Crippen LogP contribution < -0.4 is 0 Å². The highest BCUT2D eigenvalue weighted by molar-refractivity contribution is 5.82. The Kier molecular flexibility index (Phi) is 2.37. The summed E-state index contributed by atoms with van der Waals surface area (Å²) >= 11 is 0. The van der Waals surface area contributed by atoms with Crippen molar-refractivity contribution in [3.05, 3.63) is 41.6 Å². The quantitative estimate of drug-likeness (QED) is 0.724. The van der Waals surface area contributed by atoms with Gasteiger partial charge in [0.2, 0.25) is 0 Å². The lowest BCUT2D eigenvalue weighted by Gasteiger charge is -2.11. The van der Waals surface area contributed by atoms with Crippen molar-refractivity contribution in [3.63, 3.8) is 0 Å².